The van der Waals surface area contributed by atoms with Crippen LogP contribution in [0.5, 0.6) is 0 Å². The number of carbonyl (C=O) groups is 1. The molecule has 9 nitrogen and oxygen atoms in total. The molecule has 0 aliphatic carbocycles. The molecular weight excluding hydrogens is 574 g/mol. The highest BCUT2D eigenvalue weighted by Crippen LogP contribution is 2.23. The van der Waals surface area contributed by atoms with Crippen LogP contribution in [0.2, 0.25) is 0 Å². The van der Waals surface area contributed by atoms with Crippen molar-refractivity contribution in [1.29, 1.82) is 0 Å². The first-order valence-electron chi connectivity index (χ1n) is 16.1. The van der Waals surface area contributed by atoms with Crippen molar-refractivity contribution in [1.82, 2.24) is 35.8 Å². The summed E-state index contributed by atoms with van der Waals surface area (Å²) >= 11 is 0. The Hall–Kier alpha value is -4.41. The van der Waals surface area contributed by atoms with Gasteiger partial charge in [0, 0.05) is 87.9 Å². The Morgan fingerprint density at radius 1 is 0.826 bits per heavy atom. The molecule has 9 heteroatoms. The minimum absolute atomic E-state index is 0.0638. The summed E-state index contributed by atoms with van der Waals surface area (Å²) in [4.78, 5) is 26.3. The fourth-order valence-electron chi connectivity index (χ4n) is 5.69. The van der Waals surface area contributed by atoms with E-state index in [-0.39, 0.29) is 12.5 Å². The van der Waals surface area contributed by atoms with Crippen LogP contribution in [0.4, 0.5) is 0 Å². The van der Waals surface area contributed by atoms with Crippen LogP contribution in [0.1, 0.15) is 40.1 Å². The molecule has 0 amide bonds. The molecule has 0 unspecified atom stereocenters. The van der Waals surface area contributed by atoms with Crippen LogP contribution in [0, 0.1) is 6.92 Å². The maximum atomic E-state index is 11.7. The first-order valence-corrected chi connectivity index (χ1v) is 16.1. The molecular formula is C37H45N7O2. The van der Waals surface area contributed by atoms with Gasteiger partial charge in [0.2, 0.25) is 0 Å². The van der Waals surface area contributed by atoms with Crippen molar-refractivity contribution in [2.45, 2.75) is 52.0 Å². The third kappa shape index (κ3) is 10.3. The van der Waals surface area contributed by atoms with E-state index in [1.807, 2.05) is 55.0 Å². The number of nitrogens with zero attached hydrogens (tertiary/aromatic N) is 3. The number of fused-ring (bicyclic) bond motifs is 1. The number of nitrogens with one attached hydrogen (secondary N) is 4. The van der Waals surface area contributed by atoms with Crippen LogP contribution in [-0.2, 0) is 37.4 Å². The van der Waals surface area contributed by atoms with Crippen LogP contribution in [0.3, 0.4) is 0 Å². The second kappa shape index (κ2) is 17.3. The Morgan fingerprint density at radius 2 is 1.48 bits per heavy atom. The molecule has 2 aromatic carbocycles. The largest absolute Gasteiger partial charge is 0.481 e. The fourth-order valence-corrected chi connectivity index (χ4v) is 5.69. The van der Waals surface area contributed by atoms with Gasteiger partial charge in [-0.3, -0.25) is 19.7 Å². The minimum Gasteiger partial charge on any atom is -0.481 e. The van der Waals surface area contributed by atoms with Crippen molar-refractivity contribution < 1.29 is 9.90 Å². The summed E-state index contributed by atoms with van der Waals surface area (Å²) in [6.07, 6.45) is 6.37. The average molecular weight is 620 g/mol. The summed E-state index contributed by atoms with van der Waals surface area (Å²) in [7, 11) is 0. The SMILES string of the molecule is Cc1cccc2c(C[C@@H](CC(=O)O)NCc3ccc(CN(CCNCc4ccccn4)CCNCc4ccccn4)cc3)c[nH]c12. The lowest BCUT2D eigenvalue weighted by atomic mass is 10.0. The standard InChI is InChI=1S/C37H45N7O2/c1-28-7-6-10-35-31(24-43-37(28)35)21-34(22-36(45)46)42-23-29-11-13-30(14-12-29)27-44(19-17-38-25-32-8-2-4-15-40-32)20-18-39-26-33-9-3-5-16-41-33/h2-16,24,34,38-39,42-43H,17-23,25-27H2,1H3,(H,45,46)/t34-/m0/s1. The van der Waals surface area contributed by atoms with Gasteiger partial charge < -0.3 is 26.0 Å². The van der Waals surface area contributed by atoms with Crippen molar-refractivity contribution in [2.75, 3.05) is 26.2 Å². The van der Waals surface area contributed by atoms with E-state index in [4.69, 9.17) is 0 Å². The Kier molecular flexibility index (Phi) is 12.4. The number of aromatic amines is 1. The van der Waals surface area contributed by atoms with Gasteiger partial charge in [0.1, 0.15) is 0 Å². The van der Waals surface area contributed by atoms with E-state index >= 15 is 0 Å². The van der Waals surface area contributed by atoms with Gasteiger partial charge in [-0.15, -0.1) is 0 Å². The predicted molar refractivity (Wildman–Crippen MR) is 183 cm³/mol. The molecule has 0 saturated heterocycles. The number of aryl methyl sites for hydroxylation is 1. The van der Waals surface area contributed by atoms with Crippen LogP contribution in [-0.4, -0.2) is 63.1 Å². The second-order valence-electron chi connectivity index (χ2n) is 11.8. The Morgan fingerprint density at radius 3 is 2.09 bits per heavy atom. The molecule has 0 spiro atoms. The number of hydrogen-bond donors (Lipinski definition) is 5. The van der Waals surface area contributed by atoms with E-state index in [0.29, 0.717) is 13.0 Å². The number of rotatable bonds is 19. The summed E-state index contributed by atoms with van der Waals surface area (Å²) in [5.41, 5.74) is 7.89. The quantitative estimate of drug-likeness (QED) is 0.0836. The van der Waals surface area contributed by atoms with Gasteiger partial charge in [-0.2, -0.15) is 0 Å². The number of hydrogen-bond acceptors (Lipinski definition) is 7. The smallest absolute Gasteiger partial charge is 0.304 e. The number of aromatic nitrogens is 3. The van der Waals surface area contributed by atoms with Gasteiger partial charge in [0.15, 0.2) is 0 Å². The molecule has 1 atom stereocenters. The van der Waals surface area contributed by atoms with Crippen molar-refractivity contribution in [2.24, 2.45) is 0 Å². The van der Waals surface area contributed by atoms with Crippen LogP contribution in [0.15, 0.2) is 97.5 Å². The van der Waals surface area contributed by atoms with Crippen molar-refractivity contribution in [3.63, 3.8) is 0 Å². The average Bonchev–Trinajstić information content (AvgIpc) is 3.49. The topological polar surface area (TPSA) is 118 Å². The summed E-state index contributed by atoms with van der Waals surface area (Å²) in [6, 6.07) is 26.7. The molecule has 5 aromatic rings. The molecule has 0 saturated carbocycles. The van der Waals surface area contributed by atoms with Crippen LogP contribution >= 0.6 is 0 Å². The maximum absolute atomic E-state index is 11.7. The highest BCUT2D eigenvalue weighted by molar-refractivity contribution is 5.86. The number of aliphatic carboxylic acids is 1. The predicted octanol–water partition coefficient (Wildman–Crippen LogP) is 4.82. The molecule has 0 bridgehead atoms. The first kappa shape index (κ1) is 33.0. The lowest BCUT2D eigenvalue weighted by molar-refractivity contribution is -0.137. The van der Waals surface area contributed by atoms with Gasteiger partial charge in [-0.1, -0.05) is 54.6 Å². The number of pyridine rings is 2. The molecule has 5 rings (SSSR count). The minimum atomic E-state index is -0.798. The maximum Gasteiger partial charge on any atom is 0.304 e. The van der Waals surface area contributed by atoms with Crippen molar-refractivity contribution in [3.05, 3.63) is 131 Å². The highest BCUT2D eigenvalue weighted by Gasteiger charge is 2.16. The number of carboxylic acids is 1. The number of benzene rings is 2. The van der Waals surface area contributed by atoms with Gasteiger partial charge >= 0.3 is 5.97 Å². The number of carboxylic acid groups (broad SMARTS) is 1. The zero-order valence-electron chi connectivity index (χ0n) is 26.6. The third-order valence-electron chi connectivity index (χ3n) is 8.19. The van der Waals surface area contributed by atoms with E-state index in [2.05, 4.69) is 85.2 Å². The molecule has 5 N–H and O–H groups in total. The molecule has 3 aromatic heterocycles. The molecule has 0 radical (unpaired) electrons. The summed E-state index contributed by atoms with van der Waals surface area (Å²) in [5.74, 6) is -0.798. The fraction of sp³-hybridized carbons (Fsp3) is 0.324. The lowest BCUT2D eigenvalue weighted by Crippen LogP contribution is -2.36. The van der Waals surface area contributed by atoms with E-state index in [1.165, 1.54) is 11.1 Å². The molecule has 3 heterocycles. The zero-order valence-corrected chi connectivity index (χ0v) is 26.6. The van der Waals surface area contributed by atoms with E-state index in [9.17, 15) is 9.90 Å². The first-order chi connectivity index (χ1) is 22.5. The highest BCUT2D eigenvalue weighted by atomic mass is 16.4. The second-order valence-corrected chi connectivity index (χ2v) is 11.8. The van der Waals surface area contributed by atoms with Gasteiger partial charge in [-0.05, 0) is 59.9 Å². The molecule has 0 aliphatic heterocycles. The Balaban J connectivity index is 1.14. The summed E-state index contributed by atoms with van der Waals surface area (Å²) in [5, 5.41) is 21.3. The third-order valence-corrected chi connectivity index (χ3v) is 8.19. The number of para-hydroxylation sites is 1. The molecule has 46 heavy (non-hydrogen) atoms. The normalized spacial score (nSPS) is 12.1. The summed E-state index contributed by atoms with van der Waals surface area (Å²) in [6.45, 7) is 8.56. The van der Waals surface area contributed by atoms with E-state index in [0.717, 1.165) is 79.2 Å². The lowest BCUT2D eigenvalue weighted by Gasteiger charge is -2.23. The Bertz CT molecular complexity index is 1580. The Labute approximate surface area is 271 Å². The molecule has 240 valence electrons. The van der Waals surface area contributed by atoms with Crippen LogP contribution in [0.25, 0.3) is 10.9 Å². The summed E-state index contributed by atoms with van der Waals surface area (Å²) < 4.78 is 0. The van der Waals surface area contributed by atoms with E-state index in [1.54, 1.807) is 0 Å². The van der Waals surface area contributed by atoms with Crippen LogP contribution < -0.4 is 16.0 Å². The molecule has 0 aliphatic rings. The van der Waals surface area contributed by atoms with Gasteiger partial charge in [0.25, 0.3) is 0 Å². The zero-order chi connectivity index (χ0) is 32.0. The van der Waals surface area contributed by atoms with Gasteiger partial charge in [-0.25, -0.2) is 0 Å². The van der Waals surface area contributed by atoms with Crippen molar-refractivity contribution >= 4 is 16.9 Å². The monoisotopic (exact) mass is 619 g/mol. The van der Waals surface area contributed by atoms with Crippen molar-refractivity contribution in [3.8, 4) is 0 Å². The van der Waals surface area contributed by atoms with Gasteiger partial charge in [0.05, 0.1) is 17.8 Å². The molecule has 0 fully saturated rings. The number of H-pyrrole nitrogens is 1. The van der Waals surface area contributed by atoms with E-state index < -0.39 is 5.97 Å².